The number of rotatable bonds is 6. The molecule has 3 rings (SSSR count). The molecule has 26 heavy (non-hydrogen) atoms. The number of carbonyl (C=O) groups is 1. The monoisotopic (exact) mass is 416 g/mol. The molecule has 0 bridgehead atoms. The Morgan fingerprint density at radius 3 is 2.81 bits per heavy atom. The van der Waals surface area contributed by atoms with Crippen LogP contribution in [0.3, 0.4) is 0 Å². The minimum Gasteiger partial charge on any atom is -0.496 e. The Hall–Kier alpha value is -2.67. The van der Waals surface area contributed by atoms with Gasteiger partial charge in [-0.2, -0.15) is 0 Å². The number of carbonyl (C=O) groups excluding carboxylic acids is 1. The average molecular weight is 417 g/mol. The minimum atomic E-state index is -0.419. The number of aryl methyl sites for hydroxylation is 1. The van der Waals surface area contributed by atoms with Gasteiger partial charge >= 0.3 is 5.97 Å². The summed E-state index contributed by atoms with van der Waals surface area (Å²) >= 11 is 3.34. The fourth-order valence-electron chi connectivity index (χ4n) is 2.54. The Kier molecular flexibility index (Phi) is 5.68. The first-order valence-electron chi connectivity index (χ1n) is 8.05. The third kappa shape index (κ3) is 3.94. The van der Waals surface area contributed by atoms with E-state index < -0.39 is 5.97 Å². The molecule has 2 aromatic carbocycles. The summed E-state index contributed by atoms with van der Waals surface area (Å²) in [7, 11) is 1.56. The lowest BCUT2D eigenvalue weighted by atomic mass is 10.2. The number of hydrogen-bond donors (Lipinski definition) is 0. The Morgan fingerprint density at radius 2 is 2.04 bits per heavy atom. The first-order valence-corrected chi connectivity index (χ1v) is 8.84. The van der Waals surface area contributed by atoms with E-state index in [-0.39, 0.29) is 12.2 Å². The lowest BCUT2D eigenvalue weighted by molar-refractivity contribution is 0.0495. The Bertz CT molecular complexity index is 1000. The smallest absolute Gasteiger partial charge is 0.338 e. The normalized spacial score (nSPS) is 10.7. The van der Waals surface area contributed by atoms with Crippen molar-refractivity contribution in [2.24, 2.45) is 0 Å². The summed E-state index contributed by atoms with van der Waals surface area (Å²) in [6.07, 6.45) is 2.04. The highest BCUT2D eigenvalue weighted by Gasteiger charge is 2.10. The molecule has 0 saturated heterocycles. The van der Waals surface area contributed by atoms with E-state index in [9.17, 15) is 9.59 Å². The molecule has 3 aromatic rings. The summed E-state index contributed by atoms with van der Waals surface area (Å²) < 4.78 is 12.6. The van der Waals surface area contributed by atoms with Crippen LogP contribution in [0.2, 0.25) is 0 Å². The molecular weight excluding hydrogens is 400 g/mol. The van der Waals surface area contributed by atoms with Crippen LogP contribution in [0.5, 0.6) is 5.75 Å². The maximum atomic E-state index is 12.4. The Labute approximate surface area is 158 Å². The first kappa shape index (κ1) is 18.1. The van der Waals surface area contributed by atoms with Gasteiger partial charge in [-0.05, 0) is 52.7 Å². The third-order valence-corrected chi connectivity index (χ3v) is 4.52. The first-order chi connectivity index (χ1) is 12.6. The van der Waals surface area contributed by atoms with Crippen LogP contribution in [0.15, 0.2) is 58.1 Å². The molecule has 0 aliphatic heterocycles. The van der Waals surface area contributed by atoms with Gasteiger partial charge in [-0.15, -0.1) is 0 Å². The highest BCUT2D eigenvalue weighted by Crippen LogP contribution is 2.25. The SMILES string of the molecule is COc1ccc(C(=O)OCCCn2cnc3ccccc3c2=O)cc1Br. The summed E-state index contributed by atoms with van der Waals surface area (Å²) in [6.45, 7) is 0.637. The zero-order valence-corrected chi connectivity index (χ0v) is 15.7. The van der Waals surface area contributed by atoms with Crippen molar-refractivity contribution < 1.29 is 14.3 Å². The standard InChI is InChI=1S/C19H17BrN2O4/c1-25-17-8-7-13(11-15(17)20)19(24)26-10-4-9-22-12-21-16-6-3-2-5-14(16)18(22)23/h2-3,5-8,11-12H,4,9-10H2,1H3. The van der Waals surface area contributed by atoms with Gasteiger partial charge in [0, 0.05) is 6.54 Å². The quantitative estimate of drug-likeness (QED) is 0.454. The van der Waals surface area contributed by atoms with Gasteiger partial charge in [-0.25, -0.2) is 9.78 Å². The predicted molar refractivity (Wildman–Crippen MR) is 102 cm³/mol. The van der Waals surface area contributed by atoms with Crippen molar-refractivity contribution in [2.75, 3.05) is 13.7 Å². The summed E-state index contributed by atoms with van der Waals surface area (Å²) in [5, 5.41) is 0.579. The maximum Gasteiger partial charge on any atom is 0.338 e. The van der Waals surface area contributed by atoms with E-state index >= 15 is 0 Å². The summed E-state index contributed by atoms with van der Waals surface area (Å²) in [6, 6.07) is 12.2. The molecule has 0 radical (unpaired) electrons. The number of benzene rings is 2. The topological polar surface area (TPSA) is 70.4 Å². The molecule has 0 fully saturated rings. The van der Waals surface area contributed by atoms with Crippen molar-refractivity contribution in [1.29, 1.82) is 0 Å². The number of aromatic nitrogens is 2. The lowest BCUT2D eigenvalue weighted by Gasteiger charge is -2.09. The van der Waals surface area contributed by atoms with Crippen molar-refractivity contribution in [1.82, 2.24) is 9.55 Å². The van der Waals surface area contributed by atoms with Gasteiger partial charge in [0.05, 0.1) is 41.0 Å². The molecule has 0 aliphatic rings. The second kappa shape index (κ2) is 8.14. The molecule has 1 heterocycles. The van der Waals surface area contributed by atoms with E-state index in [1.54, 1.807) is 37.4 Å². The van der Waals surface area contributed by atoms with Crippen molar-refractivity contribution in [2.45, 2.75) is 13.0 Å². The zero-order chi connectivity index (χ0) is 18.5. The summed E-state index contributed by atoms with van der Waals surface area (Å²) in [5.74, 6) is 0.224. The van der Waals surface area contributed by atoms with Gasteiger partial charge in [-0.3, -0.25) is 9.36 Å². The van der Waals surface area contributed by atoms with E-state index in [1.165, 1.54) is 10.9 Å². The molecule has 0 aliphatic carbocycles. The summed E-state index contributed by atoms with van der Waals surface area (Å²) in [5.41, 5.74) is 1.01. The lowest BCUT2D eigenvalue weighted by Crippen LogP contribution is -2.21. The van der Waals surface area contributed by atoms with Crippen LogP contribution in [0.25, 0.3) is 10.9 Å². The van der Waals surface area contributed by atoms with E-state index in [0.717, 1.165) is 0 Å². The van der Waals surface area contributed by atoms with Crippen LogP contribution in [0.4, 0.5) is 0 Å². The highest BCUT2D eigenvalue weighted by molar-refractivity contribution is 9.10. The number of halogens is 1. The van der Waals surface area contributed by atoms with Gasteiger partial charge < -0.3 is 9.47 Å². The number of esters is 1. The van der Waals surface area contributed by atoms with E-state index in [2.05, 4.69) is 20.9 Å². The van der Waals surface area contributed by atoms with Crippen molar-refractivity contribution >= 4 is 32.8 Å². The fraction of sp³-hybridized carbons (Fsp3) is 0.211. The van der Waals surface area contributed by atoms with E-state index in [1.807, 2.05) is 12.1 Å². The van der Waals surface area contributed by atoms with Crippen LogP contribution >= 0.6 is 15.9 Å². The molecule has 1 aromatic heterocycles. The third-order valence-electron chi connectivity index (χ3n) is 3.90. The molecule has 0 spiro atoms. The van der Waals surface area contributed by atoms with Gasteiger partial charge in [0.25, 0.3) is 5.56 Å². The van der Waals surface area contributed by atoms with Crippen LogP contribution < -0.4 is 10.3 Å². The number of fused-ring (bicyclic) bond motifs is 1. The average Bonchev–Trinajstić information content (AvgIpc) is 2.66. The molecule has 0 N–H and O–H groups in total. The Morgan fingerprint density at radius 1 is 1.23 bits per heavy atom. The van der Waals surface area contributed by atoms with Gasteiger partial charge in [0.1, 0.15) is 5.75 Å². The van der Waals surface area contributed by atoms with E-state index in [4.69, 9.17) is 9.47 Å². The number of nitrogens with zero attached hydrogens (tertiary/aromatic N) is 2. The predicted octanol–water partition coefficient (Wildman–Crippen LogP) is 3.41. The second-order valence-corrected chi connectivity index (χ2v) is 6.45. The van der Waals surface area contributed by atoms with Gasteiger partial charge in [0.2, 0.25) is 0 Å². The van der Waals surface area contributed by atoms with Crippen LogP contribution in [-0.4, -0.2) is 29.2 Å². The molecule has 0 atom stereocenters. The molecule has 0 amide bonds. The molecule has 0 saturated carbocycles. The number of hydrogen-bond acceptors (Lipinski definition) is 5. The Balaban J connectivity index is 1.57. The highest BCUT2D eigenvalue weighted by atomic mass is 79.9. The van der Waals surface area contributed by atoms with Crippen LogP contribution in [-0.2, 0) is 11.3 Å². The van der Waals surface area contributed by atoms with Gasteiger partial charge in [0.15, 0.2) is 0 Å². The largest absolute Gasteiger partial charge is 0.496 e. The van der Waals surface area contributed by atoms with E-state index in [0.29, 0.717) is 39.7 Å². The van der Waals surface area contributed by atoms with Crippen molar-refractivity contribution in [3.05, 3.63) is 69.2 Å². The minimum absolute atomic E-state index is 0.0963. The van der Waals surface area contributed by atoms with Gasteiger partial charge in [-0.1, -0.05) is 12.1 Å². The molecule has 6 nitrogen and oxygen atoms in total. The molecular formula is C19H17BrN2O4. The molecule has 134 valence electrons. The number of ether oxygens (including phenoxy) is 2. The fourth-order valence-corrected chi connectivity index (χ4v) is 3.08. The summed E-state index contributed by atoms with van der Waals surface area (Å²) in [4.78, 5) is 28.7. The van der Waals surface area contributed by atoms with Crippen LogP contribution in [0, 0.1) is 0 Å². The molecule has 7 heteroatoms. The van der Waals surface area contributed by atoms with Crippen molar-refractivity contribution in [3.8, 4) is 5.75 Å². The second-order valence-electron chi connectivity index (χ2n) is 5.60. The van der Waals surface area contributed by atoms with Crippen LogP contribution in [0.1, 0.15) is 16.8 Å². The maximum absolute atomic E-state index is 12.4. The number of para-hydroxylation sites is 1. The zero-order valence-electron chi connectivity index (χ0n) is 14.1. The van der Waals surface area contributed by atoms with Crippen molar-refractivity contribution in [3.63, 3.8) is 0 Å². The number of methoxy groups -OCH3 is 1. The molecule has 0 unspecified atom stereocenters.